The van der Waals surface area contributed by atoms with E-state index in [0.717, 1.165) is 47.3 Å². The van der Waals surface area contributed by atoms with Crippen LogP contribution in [0.4, 0.5) is 20.2 Å². The fourth-order valence-electron chi connectivity index (χ4n) is 4.24. The lowest BCUT2D eigenvalue weighted by Crippen LogP contribution is -2.22. The summed E-state index contributed by atoms with van der Waals surface area (Å²) in [5, 5.41) is 3.55. The van der Waals surface area contributed by atoms with E-state index in [1.54, 1.807) is 0 Å². The maximum absolute atomic E-state index is 13.9. The Morgan fingerprint density at radius 1 is 0.700 bits per heavy atom. The smallest absolute Gasteiger partial charge is 0.159 e. The summed E-state index contributed by atoms with van der Waals surface area (Å²) in [7, 11) is 0. The van der Waals surface area contributed by atoms with E-state index in [9.17, 15) is 8.78 Å². The average molecular weight is 403 g/mol. The molecule has 4 aromatic carbocycles. The van der Waals surface area contributed by atoms with Gasteiger partial charge in [0, 0.05) is 6.54 Å². The van der Waals surface area contributed by atoms with Crippen LogP contribution in [0.2, 0.25) is 0 Å². The van der Waals surface area contributed by atoms with Gasteiger partial charge in [-0.15, -0.1) is 0 Å². The van der Waals surface area contributed by atoms with Gasteiger partial charge in [-0.1, -0.05) is 50.5 Å². The fraction of sp³-hybridized carbons (Fsp3) is 0.231. The number of hydrogen-bond acceptors (Lipinski definition) is 2. The van der Waals surface area contributed by atoms with Gasteiger partial charge in [0.05, 0.1) is 11.4 Å². The minimum atomic E-state index is -0.846. The highest BCUT2D eigenvalue weighted by molar-refractivity contribution is 5.96. The maximum Gasteiger partial charge on any atom is 0.159 e. The lowest BCUT2D eigenvalue weighted by atomic mass is 10.0. The molecule has 4 aromatic rings. The van der Waals surface area contributed by atoms with Crippen LogP contribution in [0.15, 0.2) is 60.7 Å². The summed E-state index contributed by atoms with van der Waals surface area (Å²) in [6, 6.07) is 18.6. The summed E-state index contributed by atoms with van der Waals surface area (Å²) in [6.07, 6.45) is 4.58. The molecule has 0 aliphatic carbocycles. The van der Waals surface area contributed by atoms with Crippen LogP contribution in [0.25, 0.3) is 21.5 Å². The van der Waals surface area contributed by atoms with E-state index in [2.05, 4.69) is 36.1 Å². The van der Waals surface area contributed by atoms with Crippen molar-refractivity contribution < 1.29 is 13.5 Å². The Balaban J connectivity index is 1.65. The summed E-state index contributed by atoms with van der Waals surface area (Å²) in [5.41, 5.74) is 1.91. The van der Waals surface area contributed by atoms with Gasteiger partial charge < -0.3 is 9.64 Å². The van der Waals surface area contributed by atoms with E-state index in [1.165, 1.54) is 25.0 Å². The van der Waals surface area contributed by atoms with Crippen molar-refractivity contribution in [3.63, 3.8) is 0 Å². The largest absolute Gasteiger partial charge is 0.453 e. The molecule has 0 saturated carbocycles. The van der Waals surface area contributed by atoms with Crippen LogP contribution >= 0.6 is 0 Å². The number of fused-ring (bicyclic) bond motifs is 4. The molecule has 0 atom stereocenters. The van der Waals surface area contributed by atoms with Crippen molar-refractivity contribution in [2.24, 2.45) is 0 Å². The van der Waals surface area contributed by atoms with Crippen LogP contribution in [0.3, 0.4) is 0 Å². The molecule has 0 radical (unpaired) electrons. The first-order valence-electron chi connectivity index (χ1n) is 10.5. The van der Waals surface area contributed by atoms with Crippen LogP contribution < -0.4 is 9.64 Å². The number of nitrogens with zero attached hydrogens (tertiary/aromatic N) is 1. The number of benzene rings is 4. The number of ether oxygens (including phenoxy) is 1. The van der Waals surface area contributed by atoms with Crippen molar-refractivity contribution in [2.75, 3.05) is 11.4 Å². The summed E-state index contributed by atoms with van der Waals surface area (Å²) < 4.78 is 33.9. The quantitative estimate of drug-likeness (QED) is 0.312. The molecule has 0 saturated heterocycles. The van der Waals surface area contributed by atoms with Gasteiger partial charge in [0.15, 0.2) is 23.1 Å². The third-order valence-electron chi connectivity index (χ3n) is 5.82. The van der Waals surface area contributed by atoms with Gasteiger partial charge in [-0.25, -0.2) is 8.78 Å². The highest BCUT2D eigenvalue weighted by Gasteiger charge is 2.25. The normalized spacial score (nSPS) is 12.7. The highest BCUT2D eigenvalue weighted by atomic mass is 19.2. The molecule has 0 fully saturated rings. The van der Waals surface area contributed by atoms with Crippen LogP contribution in [-0.2, 0) is 0 Å². The highest BCUT2D eigenvalue weighted by Crippen LogP contribution is 2.49. The summed E-state index contributed by atoms with van der Waals surface area (Å²) >= 11 is 0. The third-order valence-corrected chi connectivity index (χ3v) is 5.82. The Bertz CT molecular complexity index is 1250. The van der Waals surface area contributed by atoms with Crippen LogP contribution in [0, 0.1) is 11.6 Å². The third kappa shape index (κ3) is 3.26. The molecule has 152 valence electrons. The molecular weight excluding hydrogens is 380 g/mol. The Hall–Kier alpha value is -3.14. The van der Waals surface area contributed by atoms with Gasteiger partial charge in [-0.2, -0.15) is 0 Å². The maximum atomic E-state index is 13.9. The standard InChI is InChI=1S/C26H23F2NO/c1-2-3-4-7-10-29-23-13-17-8-5-6-9-18(17)15-25(23)30-26-16-20-12-22(28)21(27)11-19(20)14-24(26)29/h5-6,8-9,11-16H,2-4,7,10H2,1H3. The number of unbranched alkanes of at least 4 members (excludes halogenated alkanes) is 3. The van der Waals surface area contributed by atoms with Gasteiger partial charge in [0.25, 0.3) is 0 Å². The van der Waals surface area contributed by atoms with Crippen molar-refractivity contribution in [2.45, 2.75) is 32.6 Å². The first-order valence-corrected chi connectivity index (χ1v) is 10.5. The molecule has 0 spiro atoms. The fourth-order valence-corrected chi connectivity index (χ4v) is 4.24. The second-order valence-electron chi connectivity index (χ2n) is 7.91. The van der Waals surface area contributed by atoms with Gasteiger partial charge >= 0.3 is 0 Å². The molecule has 0 N–H and O–H groups in total. The Morgan fingerprint density at radius 3 is 1.93 bits per heavy atom. The topological polar surface area (TPSA) is 12.5 Å². The Morgan fingerprint density at radius 2 is 1.27 bits per heavy atom. The van der Waals surface area contributed by atoms with E-state index in [-0.39, 0.29) is 0 Å². The molecule has 0 amide bonds. The zero-order chi connectivity index (χ0) is 20.7. The van der Waals surface area contributed by atoms with Gasteiger partial charge in [0.2, 0.25) is 0 Å². The minimum absolute atomic E-state index is 0.628. The van der Waals surface area contributed by atoms with Crippen molar-refractivity contribution in [1.29, 1.82) is 0 Å². The number of rotatable bonds is 5. The predicted octanol–water partition coefficient (Wildman–Crippen LogP) is 8.10. The Labute approximate surface area is 174 Å². The van der Waals surface area contributed by atoms with Gasteiger partial charge in [0.1, 0.15) is 0 Å². The van der Waals surface area contributed by atoms with E-state index >= 15 is 0 Å². The van der Waals surface area contributed by atoms with Crippen molar-refractivity contribution >= 4 is 32.9 Å². The summed E-state index contributed by atoms with van der Waals surface area (Å²) in [5.74, 6) is -0.216. The molecule has 30 heavy (non-hydrogen) atoms. The van der Waals surface area contributed by atoms with E-state index in [0.29, 0.717) is 16.5 Å². The molecular formula is C26H23F2NO. The molecule has 0 aromatic heterocycles. The molecule has 0 bridgehead atoms. The molecule has 1 aliphatic heterocycles. The first kappa shape index (κ1) is 18.9. The number of anilines is 2. The number of hydrogen-bond donors (Lipinski definition) is 0. The molecule has 1 aliphatic rings. The van der Waals surface area contributed by atoms with E-state index in [4.69, 9.17) is 4.74 Å². The van der Waals surface area contributed by atoms with E-state index < -0.39 is 11.6 Å². The van der Waals surface area contributed by atoms with Crippen molar-refractivity contribution in [1.82, 2.24) is 0 Å². The summed E-state index contributed by atoms with van der Waals surface area (Å²) in [4.78, 5) is 2.26. The monoisotopic (exact) mass is 403 g/mol. The van der Waals surface area contributed by atoms with Crippen molar-refractivity contribution in [3.8, 4) is 11.5 Å². The lowest BCUT2D eigenvalue weighted by molar-refractivity contribution is 0.473. The number of halogens is 2. The minimum Gasteiger partial charge on any atom is -0.453 e. The van der Waals surface area contributed by atoms with E-state index in [1.807, 2.05) is 24.3 Å². The van der Waals surface area contributed by atoms with Gasteiger partial charge in [-0.3, -0.25) is 0 Å². The second kappa shape index (κ2) is 7.60. The average Bonchev–Trinajstić information content (AvgIpc) is 2.74. The molecule has 4 heteroatoms. The van der Waals surface area contributed by atoms with Gasteiger partial charge in [-0.05, 0) is 64.4 Å². The predicted molar refractivity (Wildman–Crippen MR) is 119 cm³/mol. The van der Waals surface area contributed by atoms with Crippen LogP contribution in [0.1, 0.15) is 32.6 Å². The second-order valence-corrected chi connectivity index (χ2v) is 7.91. The molecule has 0 unspecified atom stereocenters. The first-order chi connectivity index (χ1) is 14.6. The Kier molecular flexibility index (Phi) is 4.78. The van der Waals surface area contributed by atoms with Crippen LogP contribution in [-0.4, -0.2) is 6.54 Å². The molecule has 5 rings (SSSR count). The molecule has 1 heterocycles. The van der Waals surface area contributed by atoms with Crippen molar-refractivity contribution in [3.05, 3.63) is 72.3 Å². The lowest BCUT2D eigenvalue weighted by Gasteiger charge is -2.33. The summed E-state index contributed by atoms with van der Waals surface area (Å²) in [6.45, 7) is 3.04. The molecule has 2 nitrogen and oxygen atoms in total. The SMILES string of the molecule is CCCCCCN1c2cc3ccccc3cc2Oc2cc3cc(F)c(F)cc3cc21. The van der Waals surface area contributed by atoms with Crippen LogP contribution in [0.5, 0.6) is 11.5 Å². The zero-order valence-electron chi connectivity index (χ0n) is 16.9. The zero-order valence-corrected chi connectivity index (χ0v) is 16.9.